The van der Waals surface area contributed by atoms with Gasteiger partial charge in [-0.05, 0) is 29.8 Å². The molecule has 2 aromatic rings. The Balaban J connectivity index is 1.70. The number of imide groups is 1. The van der Waals surface area contributed by atoms with Crippen LogP contribution in [0.2, 0.25) is 0 Å². The van der Waals surface area contributed by atoms with Crippen LogP contribution in [0.25, 0.3) is 5.57 Å². The molecule has 1 fully saturated rings. The molecule has 4 rings (SSSR count). The van der Waals surface area contributed by atoms with E-state index >= 15 is 0 Å². The summed E-state index contributed by atoms with van der Waals surface area (Å²) in [5, 5.41) is 0. The second kappa shape index (κ2) is 8.17. The van der Waals surface area contributed by atoms with Crippen LogP contribution < -0.4 is 0 Å². The van der Waals surface area contributed by atoms with Crippen molar-refractivity contribution in [1.82, 2.24) is 14.7 Å². The third-order valence-corrected chi connectivity index (χ3v) is 5.60. The van der Waals surface area contributed by atoms with Crippen molar-refractivity contribution in [1.29, 1.82) is 0 Å². The number of hydrogen-bond acceptors (Lipinski definition) is 4. The van der Waals surface area contributed by atoms with Gasteiger partial charge < -0.3 is 9.80 Å². The van der Waals surface area contributed by atoms with Crippen LogP contribution in [0.4, 0.5) is 4.39 Å². The lowest BCUT2D eigenvalue weighted by molar-refractivity contribution is -0.138. The molecule has 2 aliphatic heterocycles. The van der Waals surface area contributed by atoms with E-state index < -0.39 is 0 Å². The summed E-state index contributed by atoms with van der Waals surface area (Å²) in [5.74, 6) is -0.966. The summed E-state index contributed by atoms with van der Waals surface area (Å²) in [5.41, 5.74) is 2.28. The highest BCUT2D eigenvalue weighted by Gasteiger charge is 2.42. The van der Waals surface area contributed by atoms with Gasteiger partial charge in [-0.25, -0.2) is 4.39 Å². The number of carbonyl (C=O) groups excluding carboxylic acids is 2. The molecule has 0 aliphatic carbocycles. The highest BCUT2D eigenvalue weighted by Crippen LogP contribution is 2.33. The molecule has 0 unspecified atom stereocenters. The molecule has 0 saturated carbocycles. The van der Waals surface area contributed by atoms with E-state index in [1.807, 2.05) is 35.2 Å². The molecular weight excluding hydrogens is 369 g/mol. The fourth-order valence-electron chi connectivity index (χ4n) is 3.93. The zero-order valence-corrected chi connectivity index (χ0v) is 16.5. The normalized spacial score (nSPS) is 18.1. The number of piperazine rings is 1. The summed E-state index contributed by atoms with van der Waals surface area (Å²) in [6.45, 7) is 6.36. The molecular formula is C23H24FN3O2. The Kier molecular flexibility index (Phi) is 5.45. The van der Waals surface area contributed by atoms with Crippen LogP contribution in [0.3, 0.4) is 0 Å². The first-order valence-electron chi connectivity index (χ1n) is 9.96. The molecule has 6 heteroatoms. The summed E-state index contributed by atoms with van der Waals surface area (Å²) in [4.78, 5) is 32.3. The number of halogens is 1. The van der Waals surface area contributed by atoms with Gasteiger partial charge in [0.2, 0.25) is 0 Å². The van der Waals surface area contributed by atoms with Crippen LogP contribution in [0.1, 0.15) is 18.1 Å². The van der Waals surface area contributed by atoms with E-state index in [2.05, 4.69) is 11.8 Å². The summed E-state index contributed by atoms with van der Waals surface area (Å²) < 4.78 is 13.5. The first kappa shape index (κ1) is 19.3. The molecule has 0 spiro atoms. The van der Waals surface area contributed by atoms with Gasteiger partial charge in [0.25, 0.3) is 11.8 Å². The van der Waals surface area contributed by atoms with Crippen LogP contribution in [0.5, 0.6) is 0 Å². The molecule has 2 aliphatic rings. The van der Waals surface area contributed by atoms with Gasteiger partial charge in [-0.3, -0.25) is 14.5 Å². The molecule has 5 nitrogen and oxygen atoms in total. The summed E-state index contributed by atoms with van der Waals surface area (Å²) in [7, 11) is 0. The number of rotatable bonds is 5. The third-order valence-electron chi connectivity index (χ3n) is 5.60. The summed E-state index contributed by atoms with van der Waals surface area (Å²) >= 11 is 0. The van der Waals surface area contributed by atoms with Crippen LogP contribution in [0, 0.1) is 5.82 Å². The molecule has 0 aromatic heterocycles. The Labute approximate surface area is 170 Å². The molecule has 0 atom stereocenters. The van der Waals surface area contributed by atoms with Crippen molar-refractivity contribution in [3.63, 3.8) is 0 Å². The van der Waals surface area contributed by atoms with Crippen LogP contribution in [0.15, 0.2) is 60.3 Å². The first-order valence-corrected chi connectivity index (χ1v) is 9.96. The van der Waals surface area contributed by atoms with Gasteiger partial charge >= 0.3 is 0 Å². The second-order valence-electron chi connectivity index (χ2n) is 7.33. The van der Waals surface area contributed by atoms with Crippen molar-refractivity contribution in [2.45, 2.75) is 13.5 Å². The lowest BCUT2D eigenvalue weighted by Crippen LogP contribution is -2.47. The largest absolute Gasteiger partial charge is 0.364 e. The van der Waals surface area contributed by atoms with Gasteiger partial charge in [0.15, 0.2) is 0 Å². The van der Waals surface area contributed by atoms with Gasteiger partial charge in [0.05, 0.1) is 12.1 Å². The van der Waals surface area contributed by atoms with Gasteiger partial charge in [-0.15, -0.1) is 0 Å². The third kappa shape index (κ3) is 3.80. The van der Waals surface area contributed by atoms with Gasteiger partial charge in [0.1, 0.15) is 11.5 Å². The van der Waals surface area contributed by atoms with Gasteiger partial charge in [0, 0.05) is 26.2 Å². The van der Waals surface area contributed by atoms with E-state index in [-0.39, 0.29) is 24.2 Å². The molecule has 1 saturated heterocycles. The zero-order chi connectivity index (χ0) is 20.4. The lowest BCUT2D eigenvalue weighted by Gasteiger charge is -2.36. The fraction of sp³-hybridized carbons (Fsp3) is 0.304. The Hall–Kier alpha value is -2.99. The molecule has 0 N–H and O–H groups in total. The predicted molar refractivity (Wildman–Crippen MR) is 109 cm³/mol. The van der Waals surface area contributed by atoms with Crippen LogP contribution in [-0.2, 0) is 16.1 Å². The SMILES string of the molecule is CCN1CCN(C2=C(c3ccc(F)cc3)C(=O)N(Cc3ccccc3)C2=O)CC1. The molecule has 2 aromatic carbocycles. The van der Waals surface area contributed by atoms with E-state index in [0.29, 0.717) is 29.9 Å². The minimum atomic E-state index is -0.370. The average Bonchev–Trinajstić information content (AvgIpc) is 3.00. The summed E-state index contributed by atoms with van der Waals surface area (Å²) in [6, 6.07) is 15.3. The Bertz CT molecular complexity index is 932. The van der Waals surface area contributed by atoms with Crippen LogP contribution >= 0.6 is 0 Å². The van der Waals surface area contributed by atoms with Crippen molar-refractivity contribution < 1.29 is 14.0 Å². The molecule has 0 radical (unpaired) electrons. The van der Waals surface area contributed by atoms with E-state index in [1.165, 1.54) is 17.0 Å². The average molecular weight is 393 g/mol. The smallest absolute Gasteiger partial charge is 0.278 e. The molecule has 2 amide bonds. The van der Waals surface area contributed by atoms with E-state index in [0.717, 1.165) is 25.2 Å². The number of hydrogen-bond donors (Lipinski definition) is 0. The first-order chi connectivity index (χ1) is 14.1. The highest BCUT2D eigenvalue weighted by atomic mass is 19.1. The zero-order valence-electron chi connectivity index (χ0n) is 16.5. The molecule has 29 heavy (non-hydrogen) atoms. The van der Waals surface area contributed by atoms with Crippen molar-refractivity contribution in [3.8, 4) is 0 Å². The Morgan fingerprint density at radius 2 is 1.52 bits per heavy atom. The lowest BCUT2D eigenvalue weighted by atomic mass is 10.0. The van der Waals surface area contributed by atoms with Crippen LogP contribution in [-0.4, -0.2) is 59.2 Å². The predicted octanol–water partition coefficient (Wildman–Crippen LogP) is 2.74. The van der Waals surface area contributed by atoms with Gasteiger partial charge in [-0.1, -0.05) is 49.4 Å². The maximum atomic E-state index is 13.5. The minimum Gasteiger partial charge on any atom is -0.364 e. The topological polar surface area (TPSA) is 43.9 Å². The number of nitrogens with zero attached hydrogens (tertiary/aromatic N) is 3. The van der Waals surface area contributed by atoms with Gasteiger partial charge in [-0.2, -0.15) is 0 Å². The maximum absolute atomic E-state index is 13.5. The quantitative estimate of drug-likeness (QED) is 0.733. The Morgan fingerprint density at radius 3 is 2.14 bits per heavy atom. The number of carbonyl (C=O) groups is 2. The monoisotopic (exact) mass is 393 g/mol. The standard InChI is InChI=1S/C23H24FN3O2/c1-2-25-12-14-26(15-13-25)21-20(18-8-10-19(24)11-9-18)22(28)27(23(21)29)16-17-6-4-3-5-7-17/h3-11H,2,12-16H2,1H3. The molecule has 150 valence electrons. The van der Waals surface area contributed by atoms with Crippen molar-refractivity contribution in [2.24, 2.45) is 0 Å². The number of amides is 2. The second-order valence-corrected chi connectivity index (χ2v) is 7.33. The summed E-state index contributed by atoms with van der Waals surface area (Å²) in [6.07, 6.45) is 0. The molecule has 2 heterocycles. The van der Waals surface area contributed by atoms with E-state index in [1.54, 1.807) is 12.1 Å². The maximum Gasteiger partial charge on any atom is 0.278 e. The fourth-order valence-corrected chi connectivity index (χ4v) is 3.93. The number of benzene rings is 2. The van der Waals surface area contributed by atoms with Crippen molar-refractivity contribution in [2.75, 3.05) is 32.7 Å². The Morgan fingerprint density at radius 1 is 0.862 bits per heavy atom. The number of likely N-dealkylation sites (N-methyl/N-ethyl adjacent to an activating group) is 1. The highest BCUT2D eigenvalue weighted by molar-refractivity contribution is 6.35. The molecule has 0 bridgehead atoms. The van der Waals surface area contributed by atoms with E-state index in [4.69, 9.17) is 0 Å². The van der Waals surface area contributed by atoms with Crippen molar-refractivity contribution in [3.05, 3.63) is 77.2 Å². The van der Waals surface area contributed by atoms with Crippen molar-refractivity contribution >= 4 is 17.4 Å². The van der Waals surface area contributed by atoms with E-state index in [9.17, 15) is 14.0 Å². The minimum absolute atomic E-state index is 0.224.